The van der Waals surface area contributed by atoms with Crippen LogP contribution < -0.4 is 4.74 Å². The molecule has 16 heavy (non-hydrogen) atoms. The average Bonchev–Trinajstić information content (AvgIpc) is 2.22. The van der Waals surface area contributed by atoms with Crippen molar-refractivity contribution in [3.8, 4) is 5.75 Å². The maximum Gasteiger partial charge on any atom is 0.387 e. The number of aryl methyl sites for hydroxylation is 1. The van der Waals surface area contributed by atoms with Gasteiger partial charge in [0.05, 0.1) is 7.11 Å². The molecule has 0 radical (unpaired) electrons. The molecule has 0 N–H and O–H groups in total. The Bertz CT molecular complexity index is 407. The van der Waals surface area contributed by atoms with Gasteiger partial charge < -0.3 is 9.47 Å². The van der Waals surface area contributed by atoms with E-state index in [1.165, 1.54) is 7.11 Å². The number of halogens is 3. The molecule has 88 valence electrons. The van der Waals surface area contributed by atoms with Crippen LogP contribution in [-0.4, -0.2) is 19.7 Å². The van der Waals surface area contributed by atoms with Crippen LogP contribution in [0.15, 0.2) is 16.6 Å². The van der Waals surface area contributed by atoms with Gasteiger partial charge in [0.25, 0.3) is 0 Å². The maximum absolute atomic E-state index is 12.2. The third-order valence-corrected chi connectivity index (χ3v) is 2.56. The van der Waals surface area contributed by atoms with Crippen LogP contribution >= 0.6 is 15.9 Å². The van der Waals surface area contributed by atoms with E-state index >= 15 is 0 Å². The van der Waals surface area contributed by atoms with Gasteiger partial charge in [0.2, 0.25) is 0 Å². The van der Waals surface area contributed by atoms with E-state index in [2.05, 4.69) is 25.4 Å². The first-order chi connectivity index (χ1) is 7.47. The predicted octanol–water partition coefficient (Wildman–Crippen LogP) is 3.15. The summed E-state index contributed by atoms with van der Waals surface area (Å²) in [5.74, 6) is -0.901. The summed E-state index contributed by atoms with van der Waals surface area (Å²) in [5.41, 5.74) is 0.395. The fourth-order valence-corrected chi connectivity index (χ4v) is 1.67. The molecule has 3 nitrogen and oxygen atoms in total. The fourth-order valence-electron chi connectivity index (χ4n) is 1.20. The van der Waals surface area contributed by atoms with Crippen LogP contribution in [-0.2, 0) is 4.74 Å². The SMILES string of the molecule is COC(=O)c1c(Br)ccc(C)c1OC(F)F. The van der Waals surface area contributed by atoms with Gasteiger partial charge >= 0.3 is 12.6 Å². The number of methoxy groups -OCH3 is 1. The highest BCUT2D eigenvalue weighted by Crippen LogP contribution is 2.32. The van der Waals surface area contributed by atoms with Gasteiger partial charge in [0.15, 0.2) is 0 Å². The largest absolute Gasteiger partial charge is 0.465 e. The number of hydrogen-bond acceptors (Lipinski definition) is 3. The van der Waals surface area contributed by atoms with E-state index < -0.39 is 12.6 Å². The van der Waals surface area contributed by atoms with Crippen molar-refractivity contribution in [2.24, 2.45) is 0 Å². The fraction of sp³-hybridized carbons (Fsp3) is 0.300. The minimum atomic E-state index is -2.99. The molecule has 0 bridgehead atoms. The predicted molar refractivity (Wildman–Crippen MR) is 56.9 cm³/mol. The smallest absolute Gasteiger partial charge is 0.387 e. The minimum absolute atomic E-state index is 0.0391. The molecule has 0 fully saturated rings. The van der Waals surface area contributed by atoms with Crippen molar-refractivity contribution in [3.05, 3.63) is 27.7 Å². The molecule has 1 aromatic carbocycles. The van der Waals surface area contributed by atoms with E-state index in [0.717, 1.165) is 0 Å². The van der Waals surface area contributed by atoms with E-state index in [1.807, 2.05) is 0 Å². The summed E-state index contributed by atoms with van der Waals surface area (Å²) in [5, 5.41) is 0. The van der Waals surface area contributed by atoms with Crippen LogP contribution in [0.2, 0.25) is 0 Å². The number of ether oxygens (including phenoxy) is 2. The summed E-state index contributed by atoms with van der Waals surface area (Å²) >= 11 is 3.09. The summed E-state index contributed by atoms with van der Waals surface area (Å²) in [4.78, 5) is 11.4. The van der Waals surface area contributed by atoms with Crippen LogP contribution in [0, 0.1) is 6.92 Å². The Labute approximate surface area is 99.5 Å². The van der Waals surface area contributed by atoms with Crippen molar-refractivity contribution in [3.63, 3.8) is 0 Å². The van der Waals surface area contributed by atoms with Gasteiger partial charge in [0, 0.05) is 4.47 Å². The lowest BCUT2D eigenvalue weighted by atomic mass is 10.1. The molecule has 0 spiro atoms. The zero-order valence-corrected chi connectivity index (χ0v) is 10.2. The summed E-state index contributed by atoms with van der Waals surface area (Å²) in [7, 11) is 1.17. The topological polar surface area (TPSA) is 35.5 Å². The third kappa shape index (κ3) is 2.69. The second kappa shape index (κ2) is 5.25. The summed E-state index contributed by atoms with van der Waals surface area (Å²) < 4.78 is 33.5. The molecule has 6 heteroatoms. The first-order valence-corrected chi connectivity index (χ1v) is 5.09. The average molecular weight is 295 g/mol. The Morgan fingerprint density at radius 3 is 2.56 bits per heavy atom. The van der Waals surface area contributed by atoms with Crippen LogP contribution in [0.3, 0.4) is 0 Å². The van der Waals surface area contributed by atoms with Crippen molar-refractivity contribution in [1.29, 1.82) is 0 Å². The molecule has 0 aliphatic heterocycles. The van der Waals surface area contributed by atoms with Crippen molar-refractivity contribution < 1.29 is 23.0 Å². The summed E-state index contributed by atoms with van der Waals surface area (Å²) in [6.45, 7) is -1.42. The third-order valence-electron chi connectivity index (χ3n) is 1.90. The number of benzene rings is 1. The second-order valence-corrected chi connectivity index (χ2v) is 3.79. The monoisotopic (exact) mass is 294 g/mol. The Morgan fingerprint density at radius 2 is 2.06 bits per heavy atom. The minimum Gasteiger partial charge on any atom is -0.465 e. The van der Waals surface area contributed by atoms with Gasteiger partial charge in [-0.05, 0) is 34.5 Å². The molecule has 0 heterocycles. The lowest BCUT2D eigenvalue weighted by Gasteiger charge is -2.13. The first-order valence-electron chi connectivity index (χ1n) is 4.29. The van der Waals surface area contributed by atoms with E-state index in [1.54, 1.807) is 19.1 Å². The Balaban J connectivity index is 3.31. The van der Waals surface area contributed by atoms with Crippen molar-refractivity contribution in [2.75, 3.05) is 7.11 Å². The number of rotatable bonds is 3. The van der Waals surface area contributed by atoms with Crippen molar-refractivity contribution in [1.82, 2.24) is 0 Å². The van der Waals surface area contributed by atoms with Gasteiger partial charge in [-0.1, -0.05) is 6.07 Å². The highest BCUT2D eigenvalue weighted by Gasteiger charge is 2.21. The highest BCUT2D eigenvalue weighted by atomic mass is 79.9. The second-order valence-electron chi connectivity index (χ2n) is 2.94. The molecule has 0 aliphatic carbocycles. The molecular formula is C10H9BrF2O3. The van der Waals surface area contributed by atoms with Crippen molar-refractivity contribution >= 4 is 21.9 Å². The van der Waals surface area contributed by atoms with Gasteiger partial charge in [-0.3, -0.25) is 0 Å². The van der Waals surface area contributed by atoms with Crippen LogP contribution in [0.5, 0.6) is 5.75 Å². The van der Waals surface area contributed by atoms with E-state index in [-0.39, 0.29) is 11.3 Å². The number of hydrogen-bond donors (Lipinski definition) is 0. The van der Waals surface area contributed by atoms with Crippen LogP contribution in [0.4, 0.5) is 8.78 Å². The number of esters is 1. The molecular weight excluding hydrogens is 286 g/mol. The standard InChI is InChI=1S/C10H9BrF2O3/c1-5-3-4-6(11)7(9(14)15-2)8(5)16-10(12)13/h3-4,10H,1-2H3. The van der Waals surface area contributed by atoms with E-state index in [9.17, 15) is 13.6 Å². The maximum atomic E-state index is 12.2. The van der Waals surface area contributed by atoms with Crippen LogP contribution in [0.1, 0.15) is 15.9 Å². The summed E-state index contributed by atoms with van der Waals surface area (Å²) in [6.07, 6.45) is 0. The molecule has 0 unspecified atom stereocenters. The van der Waals surface area contributed by atoms with Gasteiger partial charge in [0.1, 0.15) is 11.3 Å². The number of carbonyl (C=O) groups is 1. The van der Waals surface area contributed by atoms with Gasteiger partial charge in [-0.15, -0.1) is 0 Å². The Hall–Kier alpha value is -1.17. The lowest BCUT2D eigenvalue weighted by molar-refractivity contribution is -0.0509. The van der Waals surface area contributed by atoms with Crippen LogP contribution in [0.25, 0.3) is 0 Å². The molecule has 0 saturated heterocycles. The molecule has 1 aromatic rings. The molecule has 0 saturated carbocycles. The molecule has 0 atom stereocenters. The Morgan fingerprint density at radius 1 is 1.44 bits per heavy atom. The number of carbonyl (C=O) groups excluding carboxylic acids is 1. The van der Waals surface area contributed by atoms with Gasteiger partial charge in [-0.2, -0.15) is 8.78 Å². The number of alkyl halides is 2. The zero-order valence-electron chi connectivity index (χ0n) is 8.59. The highest BCUT2D eigenvalue weighted by molar-refractivity contribution is 9.10. The zero-order chi connectivity index (χ0) is 12.3. The van der Waals surface area contributed by atoms with Crippen molar-refractivity contribution in [2.45, 2.75) is 13.5 Å². The molecule has 0 aromatic heterocycles. The lowest BCUT2D eigenvalue weighted by Crippen LogP contribution is -2.11. The van der Waals surface area contributed by atoms with E-state index in [4.69, 9.17) is 0 Å². The molecule has 0 amide bonds. The summed E-state index contributed by atoms with van der Waals surface area (Å²) in [6, 6.07) is 3.13. The Kier molecular flexibility index (Phi) is 4.23. The molecule has 0 aliphatic rings. The molecule has 1 rings (SSSR count). The normalized spacial score (nSPS) is 10.4. The first kappa shape index (κ1) is 12.9. The quantitative estimate of drug-likeness (QED) is 0.804. The van der Waals surface area contributed by atoms with Gasteiger partial charge in [-0.25, -0.2) is 4.79 Å². The van der Waals surface area contributed by atoms with E-state index in [0.29, 0.717) is 10.0 Å².